The molecule has 0 saturated carbocycles. The Bertz CT molecular complexity index is 943. The molecule has 2 aromatic carbocycles. The molecule has 1 fully saturated rings. The Morgan fingerprint density at radius 1 is 1.29 bits per heavy atom. The first-order valence-corrected chi connectivity index (χ1v) is 9.32. The van der Waals surface area contributed by atoms with Crippen LogP contribution in [0.4, 0.5) is 5.69 Å². The highest BCUT2D eigenvalue weighted by Gasteiger charge is 2.35. The van der Waals surface area contributed by atoms with Crippen LogP contribution in [0.2, 0.25) is 0 Å². The minimum Gasteiger partial charge on any atom is -0.497 e. The summed E-state index contributed by atoms with van der Waals surface area (Å²) in [7, 11) is 1.60. The number of hydrogen-bond donors (Lipinski definition) is 0. The number of hydrogen-bond acceptors (Lipinski definition) is 7. The Morgan fingerprint density at radius 3 is 2.71 bits per heavy atom. The molecule has 0 radical (unpaired) electrons. The molecule has 0 N–H and O–H groups in total. The number of ether oxygens (including phenoxy) is 1. The molecule has 0 bridgehead atoms. The Kier molecular flexibility index (Phi) is 6.05. The van der Waals surface area contributed by atoms with Crippen LogP contribution in [0.3, 0.4) is 0 Å². The molecule has 8 nitrogen and oxygen atoms in total. The molecular weight excluding hydrogens is 380 g/mol. The number of benzene rings is 2. The van der Waals surface area contributed by atoms with E-state index in [0.717, 1.165) is 11.3 Å². The standard InChI is InChI=1S/C19H18N4O4S/c1-13-18(24)22(12-14-6-8-17(27-2)9-7-14)19(28-13)21-20-11-15-4-3-5-16(10-15)23(25)26/h3-11,13H,12H2,1-2H3/b20-11-,21-19+/t13-/m0/s1. The van der Waals surface area contributed by atoms with E-state index in [4.69, 9.17) is 4.74 Å². The molecule has 3 rings (SSSR count). The van der Waals surface area contributed by atoms with Gasteiger partial charge in [-0.15, -0.1) is 5.10 Å². The molecule has 1 atom stereocenters. The van der Waals surface area contributed by atoms with Crippen LogP contribution in [0.5, 0.6) is 5.75 Å². The Morgan fingerprint density at radius 2 is 2.04 bits per heavy atom. The van der Waals surface area contributed by atoms with E-state index in [9.17, 15) is 14.9 Å². The van der Waals surface area contributed by atoms with Crippen LogP contribution in [0.15, 0.2) is 58.7 Å². The molecule has 0 unspecified atom stereocenters. The van der Waals surface area contributed by atoms with Gasteiger partial charge in [-0.05, 0) is 24.6 Å². The highest BCUT2D eigenvalue weighted by atomic mass is 32.2. The molecule has 28 heavy (non-hydrogen) atoms. The Labute approximate surface area is 166 Å². The van der Waals surface area contributed by atoms with Crippen LogP contribution in [-0.2, 0) is 11.3 Å². The molecule has 0 aliphatic carbocycles. The van der Waals surface area contributed by atoms with Gasteiger partial charge in [0.15, 0.2) is 5.17 Å². The van der Waals surface area contributed by atoms with E-state index in [-0.39, 0.29) is 16.8 Å². The van der Waals surface area contributed by atoms with Gasteiger partial charge in [0.25, 0.3) is 5.69 Å². The minimum absolute atomic E-state index is 0.0169. The van der Waals surface area contributed by atoms with Crippen molar-refractivity contribution < 1.29 is 14.5 Å². The molecule has 144 valence electrons. The largest absolute Gasteiger partial charge is 0.497 e. The van der Waals surface area contributed by atoms with E-state index in [1.807, 2.05) is 31.2 Å². The van der Waals surface area contributed by atoms with Crippen LogP contribution >= 0.6 is 11.8 Å². The van der Waals surface area contributed by atoms with E-state index in [1.54, 1.807) is 24.1 Å². The van der Waals surface area contributed by atoms with Gasteiger partial charge in [-0.1, -0.05) is 36.0 Å². The number of amidine groups is 1. The monoisotopic (exact) mass is 398 g/mol. The maximum absolute atomic E-state index is 12.5. The Hall–Kier alpha value is -3.20. The van der Waals surface area contributed by atoms with Gasteiger partial charge in [-0.25, -0.2) is 0 Å². The lowest BCUT2D eigenvalue weighted by Crippen LogP contribution is -2.30. The smallest absolute Gasteiger partial charge is 0.270 e. The lowest BCUT2D eigenvalue weighted by Gasteiger charge is -2.15. The zero-order valence-electron chi connectivity index (χ0n) is 15.3. The first kappa shape index (κ1) is 19.6. The third-order valence-electron chi connectivity index (χ3n) is 4.06. The zero-order chi connectivity index (χ0) is 20.1. The summed E-state index contributed by atoms with van der Waals surface area (Å²) in [6.07, 6.45) is 1.43. The number of carbonyl (C=O) groups excluding carboxylic acids is 1. The topological polar surface area (TPSA) is 97.4 Å². The second kappa shape index (κ2) is 8.66. The maximum Gasteiger partial charge on any atom is 0.270 e. The fraction of sp³-hybridized carbons (Fsp3) is 0.211. The normalized spacial score (nSPS) is 18.2. The second-order valence-corrected chi connectivity index (χ2v) is 7.32. The summed E-state index contributed by atoms with van der Waals surface area (Å²) in [5.74, 6) is 0.708. The van der Waals surface area contributed by atoms with Gasteiger partial charge >= 0.3 is 0 Å². The molecule has 1 amide bonds. The highest BCUT2D eigenvalue weighted by Crippen LogP contribution is 2.28. The zero-order valence-corrected chi connectivity index (χ0v) is 16.1. The average Bonchev–Trinajstić information content (AvgIpc) is 2.96. The van der Waals surface area contributed by atoms with Gasteiger partial charge in [0, 0.05) is 17.7 Å². The summed E-state index contributed by atoms with van der Waals surface area (Å²) in [6, 6.07) is 13.6. The summed E-state index contributed by atoms with van der Waals surface area (Å²) in [4.78, 5) is 24.4. The predicted octanol–water partition coefficient (Wildman–Crippen LogP) is 3.46. The van der Waals surface area contributed by atoms with Gasteiger partial charge in [-0.3, -0.25) is 19.8 Å². The summed E-state index contributed by atoms with van der Waals surface area (Å²) < 4.78 is 5.15. The average molecular weight is 398 g/mol. The fourth-order valence-electron chi connectivity index (χ4n) is 2.59. The summed E-state index contributed by atoms with van der Waals surface area (Å²) in [6.45, 7) is 2.20. The third kappa shape index (κ3) is 4.55. The van der Waals surface area contributed by atoms with E-state index < -0.39 is 4.92 Å². The number of thioether (sulfide) groups is 1. The van der Waals surface area contributed by atoms with Crippen molar-refractivity contribution in [3.8, 4) is 5.75 Å². The van der Waals surface area contributed by atoms with Crippen LogP contribution in [0, 0.1) is 10.1 Å². The van der Waals surface area contributed by atoms with E-state index in [0.29, 0.717) is 17.3 Å². The first-order valence-electron chi connectivity index (χ1n) is 8.44. The van der Waals surface area contributed by atoms with Crippen molar-refractivity contribution in [2.45, 2.75) is 18.7 Å². The van der Waals surface area contributed by atoms with E-state index in [1.165, 1.54) is 30.1 Å². The lowest BCUT2D eigenvalue weighted by atomic mass is 10.2. The van der Waals surface area contributed by atoms with Gasteiger partial charge in [0.2, 0.25) is 5.91 Å². The van der Waals surface area contributed by atoms with Crippen LogP contribution < -0.4 is 4.74 Å². The molecule has 1 aliphatic rings. The van der Waals surface area contributed by atoms with Crippen LogP contribution in [0.25, 0.3) is 0 Å². The number of carbonyl (C=O) groups is 1. The Balaban J connectivity index is 1.77. The molecular formula is C19H18N4O4S. The maximum atomic E-state index is 12.5. The van der Waals surface area contributed by atoms with Gasteiger partial charge in [0.05, 0.1) is 30.0 Å². The number of nitrogens with zero attached hydrogens (tertiary/aromatic N) is 4. The summed E-state index contributed by atoms with van der Waals surface area (Å²) in [5, 5.41) is 19.3. The van der Waals surface area contributed by atoms with Crippen LogP contribution in [-0.4, -0.2) is 39.5 Å². The minimum atomic E-state index is -0.465. The SMILES string of the molecule is COc1ccc(CN2C(=O)[C@H](C)S/C2=N/N=C\c2cccc([N+](=O)[O-])c2)cc1. The summed E-state index contributed by atoms with van der Waals surface area (Å²) in [5.41, 5.74) is 1.48. The quantitative estimate of drug-likeness (QED) is 0.422. The lowest BCUT2D eigenvalue weighted by molar-refractivity contribution is -0.384. The van der Waals surface area contributed by atoms with Crippen molar-refractivity contribution in [1.82, 2.24) is 4.90 Å². The van der Waals surface area contributed by atoms with Crippen molar-refractivity contribution in [2.24, 2.45) is 10.2 Å². The van der Waals surface area contributed by atoms with E-state index in [2.05, 4.69) is 10.2 Å². The number of methoxy groups -OCH3 is 1. The first-order chi connectivity index (χ1) is 13.5. The molecule has 0 spiro atoms. The van der Waals surface area contributed by atoms with Crippen molar-refractivity contribution in [3.63, 3.8) is 0 Å². The molecule has 1 heterocycles. The number of rotatable bonds is 6. The molecule has 9 heteroatoms. The van der Waals surface area contributed by atoms with Crippen molar-refractivity contribution in [3.05, 3.63) is 69.8 Å². The number of non-ortho nitro benzene ring substituents is 1. The highest BCUT2D eigenvalue weighted by molar-refractivity contribution is 8.15. The number of amides is 1. The molecule has 1 aliphatic heterocycles. The number of nitro benzene ring substituents is 1. The van der Waals surface area contributed by atoms with Crippen LogP contribution in [0.1, 0.15) is 18.1 Å². The van der Waals surface area contributed by atoms with Gasteiger partial charge in [-0.2, -0.15) is 5.10 Å². The van der Waals surface area contributed by atoms with E-state index >= 15 is 0 Å². The molecule has 1 saturated heterocycles. The predicted molar refractivity (Wildman–Crippen MR) is 109 cm³/mol. The van der Waals surface area contributed by atoms with Crippen molar-refractivity contribution >= 4 is 34.7 Å². The third-order valence-corrected chi connectivity index (χ3v) is 5.13. The molecule has 0 aromatic heterocycles. The van der Waals surface area contributed by atoms with Crippen molar-refractivity contribution in [2.75, 3.05) is 7.11 Å². The van der Waals surface area contributed by atoms with Gasteiger partial charge in [0.1, 0.15) is 5.75 Å². The molecule has 2 aromatic rings. The van der Waals surface area contributed by atoms with Gasteiger partial charge < -0.3 is 4.74 Å². The number of nitro groups is 1. The summed E-state index contributed by atoms with van der Waals surface area (Å²) >= 11 is 1.33. The fourth-order valence-corrected chi connectivity index (χ4v) is 3.51. The second-order valence-electron chi connectivity index (χ2n) is 6.01. The van der Waals surface area contributed by atoms with Crippen molar-refractivity contribution in [1.29, 1.82) is 0 Å².